The second-order valence-corrected chi connectivity index (χ2v) is 2.32. The molecule has 0 radical (unpaired) electrons. The molecular formula is C9H11NO. The minimum absolute atomic E-state index is 0.792. The maximum absolute atomic E-state index is 8.11. The third kappa shape index (κ3) is 2.85. The standard InChI is InChI=1S/C9H11NO/c11-10-8-4-7-9-5-2-1-3-6-9/h1-3,5-6,8,11H,4,7H2/b10-8+/i10+1. The summed E-state index contributed by atoms with van der Waals surface area (Å²) in [5.41, 5.74) is 1.27. The fourth-order valence-corrected chi connectivity index (χ4v) is 0.934. The molecule has 0 amide bonds. The molecule has 58 valence electrons. The van der Waals surface area contributed by atoms with Gasteiger partial charge in [-0.15, -0.1) is 5.16 Å². The lowest BCUT2D eigenvalue weighted by atomic mass is 10.1. The molecule has 0 aliphatic heterocycles. The van der Waals surface area contributed by atoms with Crippen LogP contribution in [0, 0.1) is 0 Å². The highest BCUT2D eigenvalue weighted by molar-refractivity contribution is 5.56. The van der Waals surface area contributed by atoms with Crippen LogP contribution in [-0.4, -0.2) is 11.4 Å². The molecule has 0 aliphatic rings. The lowest BCUT2D eigenvalue weighted by molar-refractivity contribution is 0.320. The third-order valence-corrected chi connectivity index (χ3v) is 1.49. The van der Waals surface area contributed by atoms with E-state index in [1.165, 1.54) is 11.8 Å². The predicted molar refractivity (Wildman–Crippen MR) is 45.0 cm³/mol. The van der Waals surface area contributed by atoms with Crippen LogP contribution < -0.4 is 0 Å². The van der Waals surface area contributed by atoms with Crippen LogP contribution in [0.5, 0.6) is 0 Å². The summed E-state index contributed by atoms with van der Waals surface area (Å²) in [7, 11) is 0. The molecule has 2 nitrogen and oxygen atoms in total. The van der Waals surface area contributed by atoms with Gasteiger partial charge in [-0.05, 0) is 18.4 Å². The van der Waals surface area contributed by atoms with Crippen molar-refractivity contribution < 1.29 is 5.21 Å². The van der Waals surface area contributed by atoms with Gasteiger partial charge < -0.3 is 5.21 Å². The maximum Gasteiger partial charge on any atom is 0.0439 e. The van der Waals surface area contributed by atoms with Crippen LogP contribution in [0.4, 0.5) is 0 Å². The van der Waals surface area contributed by atoms with Crippen molar-refractivity contribution in [3.63, 3.8) is 0 Å². The lowest BCUT2D eigenvalue weighted by Gasteiger charge is -1.94. The van der Waals surface area contributed by atoms with Gasteiger partial charge in [0.1, 0.15) is 0 Å². The zero-order valence-electron chi connectivity index (χ0n) is 6.27. The summed E-state index contributed by atoms with van der Waals surface area (Å²) in [6, 6.07) is 10.1. The van der Waals surface area contributed by atoms with Crippen molar-refractivity contribution in [1.82, 2.24) is 0 Å². The summed E-state index contributed by atoms with van der Waals surface area (Å²) in [6.07, 6.45) is 3.23. The summed E-state index contributed by atoms with van der Waals surface area (Å²) in [4.78, 5) is 0. The Bertz CT molecular complexity index is 218. The highest BCUT2D eigenvalue weighted by atomic mass is 16.7. The van der Waals surface area contributed by atoms with Crippen LogP contribution in [0.3, 0.4) is 0 Å². The van der Waals surface area contributed by atoms with Crippen molar-refractivity contribution in [2.45, 2.75) is 12.8 Å². The summed E-state index contributed by atoms with van der Waals surface area (Å²) >= 11 is 0. The Morgan fingerprint density at radius 1 is 1.27 bits per heavy atom. The Labute approximate surface area is 66.2 Å². The number of rotatable bonds is 3. The van der Waals surface area contributed by atoms with Crippen molar-refractivity contribution in [3.05, 3.63) is 35.9 Å². The average Bonchev–Trinajstić information content (AvgIpc) is 2.07. The molecule has 11 heavy (non-hydrogen) atoms. The van der Waals surface area contributed by atoms with Crippen molar-refractivity contribution in [2.75, 3.05) is 0 Å². The number of aryl methyl sites for hydroxylation is 1. The Balaban J connectivity index is 2.39. The zero-order chi connectivity index (χ0) is 7.94. The summed E-state index contributed by atoms with van der Waals surface area (Å²) < 4.78 is 0. The predicted octanol–water partition coefficient (Wildman–Crippen LogP) is 2.08. The zero-order valence-corrected chi connectivity index (χ0v) is 6.27. The van der Waals surface area contributed by atoms with Gasteiger partial charge in [-0.25, -0.2) is 0 Å². The maximum atomic E-state index is 8.11. The van der Waals surface area contributed by atoms with Gasteiger partial charge in [-0.2, -0.15) is 0 Å². The lowest BCUT2D eigenvalue weighted by Crippen LogP contribution is -1.84. The van der Waals surface area contributed by atoms with E-state index in [0.717, 1.165) is 12.8 Å². The first-order chi connectivity index (χ1) is 5.43. The molecule has 0 saturated carbocycles. The minimum atomic E-state index is 0.792. The number of nitrogens with zero attached hydrogens (tertiary/aromatic N) is 1. The van der Waals surface area contributed by atoms with Gasteiger partial charge in [0.25, 0.3) is 0 Å². The van der Waals surface area contributed by atoms with E-state index in [-0.39, 0.29) is 0 Å². The highest BCUT2D eigenvalue weighted by Gasteiger charge is 1.87. The van der Waals surface area contributed by atoms with Crippen molar-refractivity contribution in [1.29, 1.82) is 0 Å². The summed E-state index contributed by atoms with van der Waals surface area (Å²) in [5, 5.41) is 11.0. The molecule has 0 atom stereocenters. The normalized spacial score (nSPS) is 10.5. The van der Waals surface area contributed by atoms with Gasteiger partial charge >= 0.3 is 0 Å². The van der Waals surface area contributed by atoms with Gasteiger partial charge in [0.2, 0.25) is 0 Å². The number of hydrogen-bond acceptors (Lipinski definition) is 2. The largest absolute Gasteiger partial charge is 0.411 e. The van der Waals surface area contributed by atoms with Crippen molar-refractivity contribution in [2.24, 2.45) is 5.16 Å². The van der Waals surface area contributed by atoms with Crippen LogP contribution in [-0.2, 0) is 6.42 Å². The number of hydrogen-bond donors (Lipinski definition) is 1. The molecule has 0 heterocycles. The molecule has 0 unspecified atom stereocenters. The fraction of sp³-hybridized carbons (Fsp3) is 0.222. The first-order valence-corrected chi connectivity index (χ1v) is 3.63. The van der Waals surface area contributed by atoms with Gasteiger partial charge in [-0.3, -0.25) is 0 Å². The van der Waals surface area contributed by atoms with Crippen molar-refractivity contribution >= 4 is 6.21 Å². The highest BCUT2D eigenvalue weighted by Crippen LogP contribution is 2.00. The topological polar surface area (TPSA) is 32.6 Å². The van der Waals surface area contributed by atoms with E-state index in [1.807, 2.05) is 18.2 Å². The minimum Gasteiger partial charge on any atom is -0.411 e. The molecule has 0 spiro atoms. The molecular weight excluding hydrogens is 139 g/mol. The molecule has 1 aromatic carbocycles. The molecule has 1 rings (SSSR count). The van der Waals surface area contributed by atoms with E-state index in [9.17, 15) is 0 Å². The van der Waals surface area contributed by atoms with Gasteiger partial charge in [0, 0.05) is 6.21 Å². The number of oxime groups is 1. The Morgan fingerprint density at radius 3 is 2.64 bits per heavy atom. The van der Waals surface area contributed by atoms with Crippen LogP contribution in [0.25, 0.3) is 0 Å². The Kier molecular flexibility index (Phi) is 3.19. The Hall–Kier alpha value is -1.31. The van der Waals surface area contributed by atoms with E-state index < -0.39 is 0 Å². The first-order valence-electron chi connectivity index (χ1n) is 3.63. The molecule has 1 aromatic rings. The van der Waals surface area contributed by atoms with Gasteiger partial charge in [0.05, 0.1) is 0 Å². The van der Waals surface area contributed by atoms with E-state index in [1.54, 1.807) is 0 Å². The second kappa shape index (κ2) is 4.50. The molecule has 0 aliphatic carbocycles. The molecule has 0 saturated heterocycles. The molecule has 0 aromatic heterocycles. The van der Waals surface area contributed by atoms with Crippen LogP contribution in [0.15, 0.2) is 35.5 Å². The van der Waals surface area contributed by atoms with E-state index in [2.05, 4.69) is 17.3 Å². The fourth-order valence-electron chi connectivity index (χ4n) is 0.934. The van der Waals surface area contributed by atoms with Crippen LogP contribution in [0.1, 0.15) is 12.0 Å². The summed E-state index contributed by atoms with van der Waals surface area (Å²) in [6.45, 7) is 0. The molecule has 0 fully saturated rings. The smallest absolute Gasteiger partial charge is 0.0439 e. The average molecular weight is 150 g/mol. The third-order valence-electron chi connectivity index (χ3n) is 1.49. The molecule has 1 N–H and O–H groups in total. The van der Waals surface area contributed by atoms with Crippen LogP contribution in [0.2, 0.25) is 0 Å². The summed E-state index contributed by atoms with van der Waals surface area (Å²) in [5.74, 6) is 0. The van der Waals surface area contributed by atoms with Gasteiger partial charge in [0.15, 0.2) is 0 Å². The molecule has 0 bridgehead atoms. The van der Waals surface area contributed by atoms with E-state index in [0.29, 0.717) is 0 Å². The Morgan fingerprint density at radius 2 is 2.00 bits per heavy atom. The van der Waals surface area contributed by atoms with Crippen molar-refractivity contribution in [3.8, 4) is 0 Å². The monoisotopic (exact) mass is 150 g/mol. The quantitative estimate of drug-likeness (QED) is 0.304. The van der Waals surface area contributed by atoms with E-state index in [4.69, 9.17) is 5.21 Å². The second-order valence-electron chi connectivity index (χ2n) is 2.32. The van der Waals surface area contributed by atoms with E-state index >= 15 is 0 Å². The number of benzene rings is 1. The van der Waals surface area contributed by atoms with Crippen LogP contribution >= 0.6 is 0 Å². The molecule has 2 heteroatoms. The SMILES string of the molecule is O/[15N]=C/CCc1ccccc1. The first kappa shape index (κ1) is 7.79. The van der Waals surface area contributed by atoms with Gasteiger partial charge in [-0.1, -0.05) is 30.3 Å².